The molecule has 0 radical (unpaired) electrons. The Morgan fingerprint density at radius 2 is 1.62 bits per heavy atom. The van der Waals surface area contributed by atoms with Crippen molar-refractivity contribution in [3.63, 3.8) is 0 Å². The minimum absolute atomic E-state index is 0.558. The summed E-state index contributed by atoms with van der Waals surface area (Å²) in [5, 5.41) is 2.72. The van der Waals surface area contributed by atoms with E-state index >= 15 is 0 Å². The number of hydrogen-bond donors (Lipinski definition) is 1. The molecule has 1 aromatic heterocycles. The number of aromatic nitrogens is 1. The zero-order valence-electron chi connectivity index (χ0n) is 9.62. The summed E-state index contributed by atoms with van der Waals surface area (Å²) in [6, 6.07) is 15.0. The van der Waals surface area contributed by atoms with Crippen molar-refractivity contribution in [2.24, 2.45) is 0 Å². The van der Waals surface area contributed by atoms with Crippen LogP contribution in [0.1, 0.15) is 25.3 Å². The summed E-state index contributed by atoms with van der Waals surface area (Å²) in [6.45, 7) is 4.49. The Kier molecular flexibility index (Phi) is 2.00. The van der Waals surface area contributed by atoms with Crippen LogP contribution < -0.4 is 0 Å². The highest BCUT2D eigenvalue weighted by Crippen LogP contribution is 2.31. The third-order valence-corrected chi connectivity index (χ3v) is 3.18. The lowest BCUT2D eigenvalue weighted by Crippen LogP contribution is -1.87. The van der Waals surface area contributed by atoms with Crippen LogP contribution in [0.25, 0.3) is 21.8 Å². The summed E-state index contributed by atoms with van der Waals surface area (Å²) in [4.78, 5) is 3.47. The molecule has 0 bridgehead atoms. The van der Waals surface area contributed by atoms with Gasteiger partial charge in [0, 0.05) is 21.8 Å². The lowest BCUT2D eigenvalue weighted by Gasteiger charge is -2.07. The Bertz CT molecular complexity index is 647. The van der Waals surface area contributed by atoms with Crippen molar-refractivity contribution >= 4 is 21.8 Å². The summed E-state index contributed by atoms with van der Waals surface area (Å²) >= 11 is 0. The number of hydrogen-bond acceptors (Lipinski definition) is 0. The molecule has 0 atom stereocenters. The highest BCUT2D eigenvalue weighted by molar-refractivity contribution is 6.09. The van der Waals surface area contributed by atoms with Gasteiger partial charge in [-0.1, -0.05) is 44.2 Å². The van der Waals surface area contributed by atoms with Gasteiger partial charge in [-0.3, -0.25) is 0 Å². The van der Waals surface area contributed by atoms with Crippen LogP contribution >= 0.6 is 0 Å². The van der Waals surface area contributed by atoms with Crippen molar-refractivity contribution in [1.29, 1.82) is 0 Å². The quantitative estimate of drug-likeness (QED) is 0.609. The van der Waals surface area contributed by atoms with Gasteiger partial charge in [-0.25, -0.2) is 0 Å². The largest absolute Gasteiger partial charge is 0.355 e. The van der Waals surface area contributed by atoms with Crippen LogP contribution in [0, 0.1) is 0 Å². The van der Waals surface area contributed by atoms with Crippen molar-refractivity contribution in [1.82, 2.24) is 4.98 Å². The molecule has 1 N–H and O–H groups in total. The van der Waals surface area contributed by atoms with Crippen molar-refractivity contribution in [3.05, 3.63) is 48.0 Å². The summed E-state index contributed by atoms with van der Waals surface area (Å²) in [5.41, 5.74) is 3.90. The maximum absolute atomic E-state index is 3.47. The molecule has 80 valence electrons. The van der Waals surface area contributed by atoms with Gasteiger partial charge in [-0.05, 0) is 23.6 Å². The smallest absolute Gasteiger partial charge is 0.0467 e. The van der Waals surface area contributed by atoms with Crippen LogP contribution in [0.3, 0.4) is 0 Å². The first-order valence-electron chi connectivity index (χ1n) is 5.76. The van der Waals surface area contributed by atoms with E-state index in [9.17, 15) is 0 Å². The molecule has 1 heteroatoms. The average Bonchev–Trinajstić information content (AvgIpc) is 2.66. The second-order valence-electron chi connectivity index (χ2n) is 4.60. The number of benzene rings is 2. The van der Waals surface area contributed by atoms with Crippen LogP contribution in [-0.4, -0.2) is 4.98 Å². The van der Waals surface area contributed by atoms with E-state index in [1.165, 1.54) is 27.4 Å². The molecule has 0 unspecified atom stereocenters. The van der Waals surface area contributed by atoms with Gasteiger partial charge in [0.05, 0.1) is 0 Å². The summed E-state index contributed by atoms with van der Waals surface area (Å²) in [7, 11) is 0. The monoisotopic (exact) mass is 209 g/mol. The molecule has 0 fully saturated rings. The zero-order chi connectivity index (χ0) is 11.1. The first-order valence-corrected chi connectivity index (χ1v) is 5.76. The Labute approximate surface area is 95.1 Å². The topological polar surface area (TPSA) is 15.8 Å². The number of para-hydroxylation sites is 1. The highest BCUT2D eigenvalue weighted by Gasteiger charge is 2.09. The van der Waals surface area contributed by atoms with E-state index in [0.29, 0.717) is 5.92 Å². The second kappa shape index (κ2) is 3.38. The molecule has 0 spiro atoms. The van der Waals surface area contributed by atoms with Crippen molar-refractivity contribution < 1.29 is 0 Å². The normalized spacial score (nSPS) is 11.7. The van der Waals surface area contributed by atoms with Crippen molar-refractivity contribution in [3.8, 4) is 0 Å². The fraction of sp³-hybridized carbons (Fsp3) is 0.200. The Balaban J connectivity index is 2.53. The van der Waals surface area contributed by atoms with E-state index in [2.05, 4.69) is 61.3 Å². The SMILES string of the molecule is CC(C)c1cccc2[nH]c3ccccc3c12. The van der Waals surface area contributed by atoms with Crippen LogP contribution in [-0.2, 0) is 0 Å². The third-order valence-electron chi connectivity index (χ3n) is 3.18. The van der Waals surface area contributed by atoms with E-state index in [4.69, 9.17) is 0 Å². The maximum atomic E-state index is 3.47. The molecule has 0 aliphatic carbocycles. The van der Waals surface area contributed by atoms with Gasteiger partial charge in [-0.15, -0.1) is 0 Å². The van der Waals surface area contributed by atoms with Crippen LogP contribution in [0.15, 0.2) is 42.5 Å². The molecular formula is C15H15N. The van der Waals surface area contributed by atoms with Crippen LogP contribution in [0.2, 0.25) is 0 Å². The third kappa shape index (κ3) is 1.25. The van der Waals surface area contributed by atoms with Gasteiger partial charge < -0.3 is 4.98 Å². The molecule has 0 aliphatic rings. The lowest BCUT2D eigenvalue weighted by atomic mass is 9.97. The van der Waals surface area contributed by atoms with Crippen molar-refractivity contribution in [2.45, 2.75) is 19.8 Å². The molecule has 1 nitrogen and oxygen atoms in total. The summed E-state index contributed by atoms with van der Waals surface area (Å²) < 4.78 is 0. The second-order valence-corrected chi connectivity index (χ2v) is 4.60. The van der Waals surface area contributed by atoms with E-state index in [1.54, 1.807) is 0 Å². The fourth-order valence-electron chi connectivity index (χ4n) is 2.41. The molecule has 0 saturated heterocycles. The minimum Gasteiger partial charge on any atom is -0.355 e. The first-order chi connectivity index (χ1) is 7.77. The van der Waals surface area contributed by atoms with E-state index in [1.807, 2.05) is 0 Å². The Morgan fingerprint density at radius 1 is 0.875 bits per heavy atom. The number of nitrogens with one attached hydrogen (secondary N) is 1. The molecular weight excluding hydrogens is 194 g/mol. The van der Waals surface area contributed by atoms with Gasteiger partial charge in [0.2, 0.25) is 0 Å². The molecule has 3 rings (SSSR count). The number of aromatic amines is 1. The summed E-state index contributed by atoms with van der Waals surface area (Å²) in [5.74, 6) is 0.558. The fourth-order valence-corrected chi connectivity index (χ4v) is 2.41. The van der Waals surface area contributed by atoms with Gasteiger partial charge in [-0.2, -0.15) is 0 Å². The molecule has 1 heterocycles. The lowest BCUT2D eigenvalue weighted by molar-refractivity contribution is 0.877. The van der Waals surface area contributed by atoms with E-state index in [0.717, 1.165) is 0 Å². The average molecular weight is 209 g/mol. The predicted molar refractivity (Wildman–Crippen MR) is 69.9 cm³/mol. The molecule has 0 aliphatic heterocycles. The molecule has 0 amide bonds. The first kappa shape index (κ1) is 9.46. The van der Waals surface area contributed by atoms with Gasteiger partial charge in [0.15, 0.2) is 0 Å². The Hall–Kier alpha value is -1.76. The van der Waals surface area contributed by atoms with E-state index < -0.39 is 0 Å². The molecule has 16 heavy (non-hydrogen) atoms. The van der Waals surface area contributed by atoms with Crippen molar-refractivity contribution in [2.75, 3.05) is 0 Å². The van der Waals surface area contributed by atoms with Gasteiger partial charge in [0.25, 0.3) is 0 Å². The van der Waals surface area contributed by atoms with Crippen LogP contribution in [0.5, 0.6) is 0 Å². The van der Waals surface area contributed by atoms with Gasteiger partial charge >= 0.3 is 0 Å². The highest BCUT2D eigenvalue weighted by atomic mass is 14.7. The Morgan fingerprint density at radius 3 is 2.44 bits per heavy atom. The number of fused-ring (bicyclic) bond motifs is 3. The molecule has 2 aromatic carbocycles. The predicted octanol–water partition coefficient (Wildman–Crippen LogP) is 4.44. The minimum atomic E-state index is 0.558. The molecule has 3 aromatic rings. The molecule has 0 saturated carbocycles. The maximum Gasteiger partial charge on any atom is 0.0467 e. The summed E-state index contributed by atoms with van der Waals surface area (Å²) in [6.07, 6.45) is 0. The van der Waals surface area contributed by atoms with Gasteiger partial charge in [0.1, 0.15) is 0 Å². The zero-order valence-corrected chi connectivity index (χ0v) is 9.62. The standard InChI is InChI=1S/C15H15N/c1-10(2)11-7-5-9-14-15(11)12-6-3-4-8-13(12)16-14/h3-10,16H,1-2H3. The van der Waals surface area contributed by atoms with Crippen LogP contribution in [0.4, 0.5) is 0 Å². The van der Waals surface area contributed by atoms with E-state index in [-0.39, 0.29) is 0 Å². The number of H-pyrrole nitrogens is 1. The number of rotatable bonds is 1.